The van der Waals surface area contributed by atoms with Gasteiger partial charge >= 0.3 is 0 Å². The van der Waals surface area contributed by atoms with E-state index in [9.17, 15) is 4.79 Å². The summed E-state index contributed by atoms with van der Waals surface area (Å²) < 4.78 is -0.324. The van der Waals surface area contributed by atoms with Crippen LogP contribution >= 0.6 is 27.5 Å². The Bertz CT molecular complexity index is 669. The number of Topliss-reactive ketones (excluding diaryl/α,β-unsaturated/α-hetero) is 1. The van der Waals surface area contributed by atoms with Crippen molar-refractivity contribution in [2.24, 2.45) is 17.8 Å². The highest BCUT2D eigenvalue weighted by Gasteiger charge is 2.64. The smallest absolute Gasteiger partial charge is 0.181 e. The maximum absolute atomic E-state index is 12.5. The van der Waals surface area contributed by atoms with Crippen LogP contribution in [-0.4, -0.2) is 10.1 Å². The summed E-state index contributed by atoms with van der Waals surface area (Å²) in [6.07, 6.45) is 5.45. The zero-order chi connectivity index (χ0) is 14.6. The molecular weight excluding hydrogens is 350 g/mol. The van der Waals surface area contributed by atoms with E-state index in [2.05, 4.69) is 45.5 Å². The minimum Gasteiger partial charge on any atom is -0.382 e. The van der Waals surface area contributed by atoms with Crippen molar-refractivity contribution in [2.75, 3.05) is 0 Å². The van der Waals surface area contributed by atoms with E-state index in [1.807, 2.05) is 18.2 Å². The maximum Gasteiger partial charge on any atom is 0.181 e. The highest BCUT2D eigenvalue weighted by Crippen LogP contribution is 2.62. The molecule has 0 heterocycles. The van der Waals surface area contributed by atoms with E-state index in [1.54, 1.807) is 0 Å². The zero-order valence-corrected chi connectivity index (χ0v) is 13.7. The normalized spacial score (nSPS) is 36.5. The molecule has 3 aliphatic rings. The third-order valence-electron chi connectivity index (χ3n) is 4.95. The molecule has 2 bridgehead atoms. The summed E-state index contributed by atoms with van der Waals surface area (Å²) in [4.78, 5) is 12.5. The van der Waals surface area contributed by atoms with Gasteiger partial charge in [-0.2, -0.15) is 0 Å². The van der Waals surface area contributed by atoms with Gasteiger partial charge in [-0.3, -0.25) is 4.79 Å². The van der Waals surface area contributed by atoms with E-state index in [-0.39, 0.29) is 16.0 Å². The molecule has 0 saturated heterocycles. The molecule has 21 heavy (non-hydrogen) atoms. The van der Waals surface area contributed by atoms with Crippen molar-refractivity contribution < 1.29 is 4.79 Å². The summed E-state index contributed by atoms with van der Waals surface area (Å²) in [5.41, 5.74) is 2.06. The van der Waals surface area contributed by atoms with Gasteiger partial charge in [0.2, 0.25) is 0 Å². The summed E-state index contributed by atoms with van der Waals surface area (Å²) in [5.74, 6) is 0.719. The molecule has 3 aliphatic carbocycles. The second kappa shape index (κ2) is 4.72. The Hall–Kier alpha value is -1.06. The van der Waals surface area contributed by atoms with Crippen LogP contribution in [0.15, 0.2) is 53.2 Å². The molecule has 2 nitrogen and oxygen atoms in total. The van der Waals surface area contributed by atoms with Gasteiger partial charge in [0.05, 0.1) is 15.9 Å². The van der Waals surface area contributed by atoms with Crippen molar-refractivity contribution in [1.82, 2.24) is 5.32 Å². The fraction of sp³-hybridized carbons (Fsp3) is 0.353. The monoisotopic (exact) mass is 363 g/mol. The van der Waals surface area contributed by atoms with Gasteiger partial charge in [0.25, 0.3) is 0 Å². The lowest BCUT2D eigenvalue weighted by Crippen LogP contribution is -2.40. The molecule has 1 aromatic rings. The van der Waals surface area contributed by atoms with Gasteiger partial charge in [-0.1, -0.05) is 70.0 Å². The van der Waals surface area contributed by atoms with Crippen molar-refractivity contribution >= 4 is 33.3 Å². The number of halogens is 2. The Morgan fingerprint density at radius 3 is 2.81 bits per heavy atom. The molecule has 0 aliphatic heterocycles. The number of ketones is 1. The summed E-state index contributed by atoms with van der Waals surface area (Å²) in [6, 6.07) is 10.2. The Kier molecular flexibility index (Phi) is 3.05. The van der Waals surface area contributed by atoms with Crippen molar-refractivity contribution in [1.29, 1.82) is 0 Å². The van der Waals surface area contributed by atoms with Crippen LogP contribution in [0.3, 0.4) is 0 Å². The molecule has 0 spiro atoms. The molecule has 0 radical (unpaired) electrons. The lowest BCUT2D eigenvalue weighted by molar-refractivity contribution is -0.118. The fourth-order valence-electron chi connectivity index (χ4n) is 3.98. The van der Waals surface area contributed by atoms with Crippen LogP contribution in [-0.2, 0) is 11.3 Å². The van der Waals surface area contributed by atoms with Gasteiger partial charge in [0.1, 0.15) is 5.03 Å². The van der Waals surface area contributed by atoms with Crippen molar-refractivity contribution in [3.63, 3.8) is 0 Å². The number of benzene rings is 1. The third kappa shape index (κ3) is 1.80. The molecule has 4 heteroatoms. The number of allylic oxidation sites excluding steroid dienone is 4. The maximum atomic E-state index is 12.5. The van der Waals surface area contributed by atoms with Crippen LogP contribution in [0.5, 0.6) is 0 Å². The lowest BCUT2D eigenvalue weighted by atomic mass is 9.83. The van der Waals surface area contributed by atoms with E-state index >= 15 is 0 Å². The number of nitrogens with one attached hydrogen (secondary N) is 1. The minimum atomic E-state index is -0.324. The van der Waals surface area contributed by atoms with E-state index in [1.165, 1.54) is 5.56 Å². The van der Waals surface area contributed by atoms with Crippen molar-refractivity contribution in [3.8, 4) is 0 Å². The quantitative estimate of drug-likeness (QED) is 0.653. The average molecular weight is 365 g/mol. The SMILES string of the molecule is O=C1C(Cl)=C(NCc2ccccc2)[C@]2(Br)[C@H]1[C@@H]1C=C[C@H]2C1. The second-order valence-electron chi connectivity index (χ2n) is 6.03. The Balaban J connectivity index is 1.64. The third-order valence-corrected chi connectivity index (χ3v) is 6.80. The van der Waals surface area contributed by atoms with Gasteiger partial charge in [-0.15, -0.1) is 0 Å². The predicted octanol–water partition coefficient (Wildman–Crippen LogP) is 3.77. The first kappa shape index (κ1) is 13.6. The number of carbonyl (C=O) groups excluding carboxylic acids is 1. The minimum absolute atomic E-state index is 0.0433. The van der Waals surface area contributed by atoms with Gasteiger partial charge in [0, 0.05) is 6.54 Å². The summed E-state index contributed by atoms with van der Waals surface area (Å²) >= 11 is 10.2. The van der Waals surface area contributed by atoms with E-state index in [0.29, 0.717) is 23.4 Å². The zero-order valence-electron chi connectivity index (χ0n) is 11.4. The number of carbonyl (C=O) groups is 1. The van der Waals surface area contributed by atoms with Crippen LogP contribution in [0.2, 0.25) is 0 Å². The van der Waals surface area contributed by atoms with Crippen molar-refractivity contribution in [3.05, 3.63) is 58.8 Å². The Labute approximate surface area is 137 Å². The topological polar surface area (TPSA) is 29.1 Å². The summed E-state index contributed by atoms with van der Waals surface area (Å²) in [5, 5.41) is 3.80. The Morgan fingerprint density at radius 2 is 2.05 bits per heavy atom. The standard InChI is InChI=1S/C17H15BrClNO/c18-17-12-7-6-11(8-12)13(17)15(21)14(19)16(17)20-9-10-4-2-1-3-5-10/h1-7,11-13,20H,8-9H2/t11-,12+,13+,17-/m1/s1. The Morgan fingerprint density at radius 1 is 1.29 bits per heavy atom. The van der Waals surface area contributed by atoms with Gasteiger partial charge < -0.3 is 5.32 Å². The van der Waals surface area contributed by atoms with Crippen LogP contribution in [0.25, 0.3) is 0 Å². The van der Waals surface area contributed by atoms with E-state index < -0.39 is 0 Å². The van der Waals surface area contributed by atoms with Crippen LogP contribution < -0.4 is 5.32 Å². The fourth-order valence-corrected chi connectivity index (χ4v) is 5.66. The average Bonchev–Trinajstić information content (AvgIpc) is 3.12. The number of rotatable bonds is 3. The predicted molar refractivity (Wildman–Crippen MR) is 87.1 cm³/mol. The van der Waals surface area contributed by atoms with Crippen LogP contribution in [0.4, 0.5) is 0 Å². The molecule has 0 amide bonds. The molecule has 108 valence electrons. The molecule has 0 aromatic heterocycles. The second-order valence-corrected chi connectivity index (χ2v) is 7.72. The van der Waals surface area contributed by atoms with Gasteiger partial charge in [-0.25, -0.2) is 0 Å². The summed E-state index contributed by atoms with van der Waals surface area (Å²) in [7, 11) is 0. The van der Waals surface area contributed by atoms with Gasteiger partial charge in [0.15, 0.2) is 5.78 Å². The molecule has 4 rings (SSSR count). The van der Waals surface area contributed by atoms with E-state index in [0.717, 1.165) is 12.1 Å². The van der Waals surface area contributed by atoms with Crippen LogP contribution in [0, 0.1) is 17.8 Å². The lowest BCUT2D eigenvalue weighted by Gasteiger charge is -2.33. The molecule has 4 atom stereocenters. The first-order chi connectivity index (χ1) is 10.1. The number of fused-ring (bicyclic) bond motifs is 5. The molecule has 0 unspecified atom stereocenters. The largest absolute Gasteiger partial charge is 0.382 e. The highest BCUT2D eigenvalue weighted by atomic mass is 79.9. The number of hydrogen-bond donors (Lipinski definition) is 1. The highest BCUT2D eigenvalue weighted by molar-refractivity contribution is 9.10. The van der Waals surface area contributed by atoms with Crippen LogP contribution in [0.1, 0.15) is 12.0 Å². The number of hydrogen-bond acceptors (Lipinski definition) is 2. The number of alkyl halides is 1. The van der Waals surface area contributed by atoms with Gasteiger partial charge in [-0.05, 0) is 23.8 Å². The molecule has 1 fully saturated rings. The first-order valence-electron chi connectivity index (χ1n) is 7.22. The molecule has 1 aromatic carbocycles. The first-order valence-corrected chi connectivity index (χ1v) is 8.39. The molecule has 1 saturated carbocycles. The van der Waals surface area contributed by atoms with Crippen molar-refractivity contribution in [2.45, 2.75) is 17.3 Å². The van der Waals surface area contributed by atoms with E-state index in [4.69, 9.17) is 11.6 Å². The summed E-state index contributed by atoms with van der Waals surface area (Å²) in [6.45, 7) is 0.681. The molecular formula is C17H15BrClNO. The molecule has 1 N–H and O–H groups in total.